The summed E-state index contributed by atoms with van der Waals surface area (Å²) < 4.78 is 0. The largest absolute Gasteiger partial charge is 0.370 e. The molecule has 4 rings (SSSR count). The number of carbonyl (C=O) groups is 1. The van der Waals surface area contributed by atoms with Crippen LogP contribution in [-0.2, 0) is 6.42 Å². The Balaban J connectivity index is 1.44. The number of aromatic nitrogens is 4. The molecule has 0 radical (unpaired) electrons. The normalized spacial score (nSPS) is 10.6. The minimum Gasteiger partial charge on any atom is -0.370 e. The van der Waals surface area contributed by atoms with Gasteiger partial charge >= 0.3 is 0 Å². The number of nitrogens with zero attached hydrogens (tertiary/aromatic N) is 3. The Bertz CT molecular complexity index is 1170. The van der Waals surface area contributed by atoms with Crippen molar-refractivity contribution in [2.24, 2.45) is 0 Å². The van der Waals surface area contributed by atoms with Crippen LogP contribution in [0.25, 0.3) is 11.3 Å². The quantitative estimate of drug-likeness (QED) is 0.418. The fourth-order valence-electron chi connectivity index (χ4n) is 3.34. The number of carbonyl (C=O) groups excluding carboxylic acids is 1. The van der Waals surface area contributed by atoms with E-state index in [9.17, 15) is 4.79 Å². The Morgan fingerprint density at radius 1 is 1.10 bits per heavy atom. The molecule has 0 aliphatic heterocycles. The summed E-state index contributed by atoms with van der Waals surface area (Å²) in [6.45, 7) is 4.59. The molecule has 7 nitrogen and oxygen atoms in total. The molecule has 7 heteroatoms. The van der Waals surface area contributed by atoms with Gasteiger partial charge in [0.15, 0.2) is 0 Å². The molecule has 3 aromatic heterocycles. The molecule has 0 fully saturated rings. The van der Waals surface area contributed by atoms with Gasteiger partial charge in [-0.3, -0.25) is 9.78 Å². The first-order chi connectivity index (χ1) is 15.1. The zero-order valence-electron chi connectivity index (χ0n) is 17.5. The van der Waals surface area contributed by atoms with Crippen LogP contribution in [0.1, 0.15) is 27.3 Å². The maximum atomic E-state index is 12.9. The van der Waals surface area contributed by atoms with Crippen molar-refractivity contribution in [2.45, 2.75) is 20.3 Å². The maximum Gasteiger partial charge on any atom is 0.257 e. The molecule has 3 heterocycles. The van der Waals surface area contributed by atoms with Crippen molar-refractivity contribution in [1.29, 1.82) is 0 Å². The lowest BCUT2D eigenvalue weighted by atomic mass is 10.0. The average molecular weight is 412 g/mol. The third-order valence-corrected chi connectivity index (χ3v) is 5.02. The third-order valence-electron chi connectivity index (χ3n) is 5.02. The molecule has 3 N–H and O–H groups in total. The van der Waals surface area contributed by atoms with Crippen LogP contribution in [0.2, 0.25) is 0 Å². The van der Waals surface area contributed by atoms with Crippen molar-refractivity contribution in [3.8, 4) is 11.3 Å². The molecule has 0 unspecified atom stereocenters. The molecule has 0 atom stereocenters. The van der Waals surface area contributed by atoms with Gasteiger partial charge in [0.05, 0.1) is 23.3 Å². The van der Waals surface area contributed by atoms with Crippen LogP contribution in [0, 0.1) is 13.8 Å². The highest BCUT2D eigenvalue weighted by Crippen LogP contribution is 2.25. The van der Waals surface area contributed by atoms with E-state index in [0.717, 1.165) is 47.0 Å². The summed E-state index contributed by atoms with van der Waals surface area (Å²) in [5.74, 6) is 0.547. The van der Waals surface area contributed by atoms with Crippen molar-refractivity contribution in [1.82, 2.24) is 19.9 Å². The highest BCUT2D eigenvalue weighted by Gasteiger charge is 2.12. The predicted molar refractivity (Wildman–Crippen MR) is 122 cm³/mol. The minimum atomic E-state index is -0.190. The topological polar surface area (TPSA) is 95.6 Å². The Labute approximate surface area is 181 Å². The average Bonchev–Trinajstić information content (AvgIpc) is 3.29. The summed E-state index contributed by atoms with van der Waals surface area (Å²) in [4.78, 5) is 28.9. The van der Waals surface area contributed by atoms with Crippen molar-refractivity contribution < 1.29 is 4.79 Å². The number of nitrogens with one attached hydrogen (secondary N) is 3. The van der Waals surface area contributed by atoms with Gasteiger partial charge in [-0.1, -0.05) is 12.1 Å². The zero-order valence-corrected chi connectivity index (χ0v) is 17.5. The van der Waals surface area contributed by atoms with Crippen LogP contribution in [0.5, 0.6) is 0 Å². The highest BCUT2D eigenvalue weighted by atomic mass is 16.1. The number of imidazole rings is 1. The van der Waals surface area contributed by atoms with Gasteiger partial charge in [0.1, 0.15) is 5.82 Å². The Hall–Kier alpha value is -4.00. The lowest BCUT2D eigenvalue weighted by Gasteiger charge is -2.12. The van der Waals surface area contributed by atoms with Crippen molar-refractivity contribution in [3.63, 3.8) is 0 Å². The van der Waals surface area contributed by atoms with E-state index < -0.39 is 0 Å². The van der Waals surface area contributed by atoms with Crippen LogP contribution in [-0.4, -0.2) is 32.4 Å². The fourth-order valence-corrected chi connectivity index (χ4v) is 3.34. The Morgan fingerprint density at radius 3 is 2.74 bits per heavy atom. The summed E-state index contributed by atoms with van der Waals surface area (Å²) in [6.07, 6.45) is 6.05. The standard InChI is InChI=1S/C24H24N6O/c1-16-6-7-18(13-21(16)22-5-3-4-11-26-22)30-24(31)20-8-9-23(29-17(20)2)27-12-10-19-14-25-15-28-19/h3-9,11,13-15H,10,12H2,1-2H3,(H,25,28)(H,27,29)(H,30,31). The summed E-state index contributed by atoms with van der Waals surface area (Å²) in [6, 6.07) is 15.2. The molecule has 0 aliphatic rings. The summed E-state index contributed by atoms with van der Waals surface area (Å²) in [7, 11) is 0. The number of rotatable bonds is 7. The second kappa shape index (κ2) is 9.21. The smallest absolute Gasteiger partial charge is 0.257 e. The number of pyridine rings is 2. The SMILES string of the molecule is Cc1ccc(NC(=O)c2ccc(NCCc3cnc[nH]3)nc2C)cc1-c1ccccn1. The predicted octanol–water partition coefficient (Wildman–Crippen LogP) is 4.39. The first-order valence-corrected chi connectivity index (χ1v) is 10.1. The van der Waals surface area contributed by atoms with E-state index >= 15 is 0 Å². The fraction of sp³-hybridized carbons (Fsp3) is 0.167. The first kappa shape index (κ1) is 20.3. The van der Waals surface area contributed by atoms with Crippen LogP contribution in [0.4, 0.5) is 11.5 Å². The molecule has 0 bridgehead atoms. The highest BCUT2D eigenvalue weighted by molar-refractivity contribution is 6.05. The molecular formula is C24H24N6O. The van der Waals surface area contributed by atoms with E-state index in [-0.39, 0.29) is 5.91 Å². The lowest BCUT2D eigenvalue weighted by Crippen LogP contribution is -2.15. The van der Waals surface area contributed by atoms with E-state index in [0.29, 0.717) is 11.3 Å². The number of hydrogen-bond donors (Lipinski definition) is 3. The van der Waals surface area contributed by atoms with Gasteiger partial charge in [-0.15, -0.1) is 0 Å². The van der Waals surface area contributed by atoms with E-state index in [4.69, 9.17) is 0 Å². The first-order valence-electron chi connectivity index (χ1n) is 10.1. The second-order valence-corrected chi connectivity index (χ2v) is 7.28. The van der Waals surface area contributed by atoms with E-state index in [1.54, 1.807) is 24.8 Å². The Morgan fingerprint density at radius 2 is 2.00 bits per heavy atom. The summed E-state index contributed by atoms with van der Waals surface area (Å²) in [5.41, 5.74) is 5.95. The van der Waals surface area contributed by atoms with Gasteiger partial charge in [-0.25, -0.2) is 9.97 Å². The third kappa shape index (κ3) is 4.95. The molecule has 0 aliphatic carbocycles. The van der Waals surface area contributed by atoms with Gasteiger partial charge in [0.2, 0.25) is 0 Å². The minimum absolute atomic E-state index is 0.190. The van der Waals surface area contributed by atoms with E-state index in [2.05, 4.69) is 30.6 Å². The van der Waals surface area contributed by atoms with E-state index in [1.165, 1.54) is 0 Å². The molecule has 4 aromatic rings. The van der Waals surface area contributed by atoms with Crippen LogP contribution in [0.15, 0.2) is 67.3 Å². The number of amides is 1. The monoisotopic (exact) mass is 412 g/mol. The zero-order chi connectivity index (χ0) is 21.6. The number of anilines is 2. The molecule has 1 aromatic carbocycles. The van der Waals surface area contributed by atoms with Gasteiger partial charge in [-0.2, -0.15) is 0 Å². The molecular weight excluding hydrogens is 388 g/mol. The summed E-state index contributed by atoms with van der Waals surface area (Å²) >= 11 is 0. The molecule has 0 spiro atoms. The van der Waals surface area contributed by atoms with Crippen molar-refractivity contribution in [2.75, 3.05) is 17.2 Å². The molecule has 0 saturated carbocycles. The number of aromatic amines is 1. The van der Waals surface area contributed by atoms with Crippen molar-refractivity contribution in [3.05, 3.63) is 89.8 Å². The van der Waals surface area contributed by atoms with Crippen LogP contribution < -0.4 is 10.6 Å². The second-order valence-electron chi connectivity index (χ2n) is 7.28. The van der Waals surface area contributed by atoms with Crippen LogP contribution >= 0.6 is 0 Å². The molecule has 0 saturated heterocycles. The van der Waals surface area contributed by atoms with E-state index in [1.807, 2.05) is 56.3 Å². The number of benzene rings is 1. The van der Waals surface area contributed by atoms with Gasteiger partial charge in [0.25, 0.3) is 5.91 Å². The lowest BCUT2D eigenvalue weighted by molar-refractivity contribution is 0.102. The summed E-state index contributed by atoms with van der Waals surface area (Å²) in [5, 5.41) is 6.25. The molecule has 1 amide bonds. The molecule has 31 heavy (non-hydrogen) atoms. The van der Waals surface area contributed by atoms with Gasteiger partial charge in [0, 0.05) is 42.3 Å². The number of hydrogen-bond acceptors (Lipinski definition) is 5. The van der Waals surface area contributed by atoms with Gasteiger partial charge in [-0.05, 0) is 55.8 Å². The number of aryl methyl sites for hydroxylation is 2. The van der Waals surface area contributed by atoms with Crippen molar-refractivity contribution >= 4 is 17.4 Å². The number of H-pyrrole nitrogens is 1. The van der Waals surface area contributed by atoms with Gasteiger partial charge < -0.3 is 15.6 Å². The maximum absolute atomic E-state index is 12.9. The van der Waals surface area contributed by atoms with Crippen LogP contribution in [0.3, 0.4) is 0 Å². The Kier molecular flexibility index (Phi) is 6.03. The molecule has 156 valence electrons.